The van der Waals surface area contributed by atoms with Gasteiger partial charge in [0.2, 0.25) is 0 Å². The lowest BCUT2D eigenvalue weighted by Crippen LogP contribution is -2.41. The summed E-state index contributed by atoms with van der Waals surface area (Å²) in [5.41, 5.74) is -0.954. The molecule has 0 aromatic heterocycles. The van der Waals surface area contributed by atoms with Gasteiger partial charge in [-0.25, -0.2) is 9.78 Å². The highest BCUT2D eigenvalue weighted by Gasteiger charge is 2.39. The molecule has 1 fully saturated rings. The lowest BCUT2D eigenvalue weighted by molar-refractivity contribution is -0.338. The Labute approximate surface area is 97.4 Å². The Morgan fingerprint density at radius 2 is 1.00 bits per heavy atom. The first-order valence-electron chi connectivity index (χ1n) is 5.98. The van der Waals surface area contributed by atoms with Gasteiger partial charge < -0.3 is 0 Å². The van der Waals surface area contributed by atoms with Crippen LogP contribution in [0.1, 0.15) is 53.4 Å². The first-order valence-corrected chi connectivity index (χ1v) is 5.98. The van der Waals surface area contributed by atoms with E-state index in [1.165, 1.54) is 0 Å². The summed E-state index contributed by atoms with van der Waals surface area (Å²) >= 11 is 0. The maximum Gasteiger partial charge on any atom is 0.100 e. The van der Waals surface area contributed by atoms with Crippen molar-refractivity contribution < 1.29 is 20.3 Å². The molecule has 0 saturated heterocycles. The molecule has 1 rings (SSSR count). The summed E-state index contributed by atoms with van der Waals surface area (Å²) in [6.07, 6.45) is 3.96. The fourth-order valence-corrected chi connectivity index (χ4v) is 2.63. The molecule has 4 nitrogen and oxygen atoms in total. The van der Waals surface area contributed by atoms with Crippen molar-refractivity contribution in [2.75, 3.05) is 0 Å². The van der Waals surface area contributed by atoms with Crippen LogP contribution in [0, 0.1) is 11.8 Å². The quantitative estimate of drug-likeness (QED) is 0.576. The van der Waals surface area contributed by atoms with Crippen LogP contribution in [0.2, 0.25) is 0 Å². The Balaban J connectivity index is 2.52. The van der Waals surface area contributed by atoms with Gasteiger partial charge >= 0.3 is 0 Å². The van der Waals surface area contributed by atoms with Gasteiger partial charge in [-0.1, -0.05) is 0 Å². The molecule has 0 heterocycles. The summed E-state index contributed by atoms with van der Waals surface area (Å²) in [6, 6.07) is 0. The van der Waals surface area contributed by atoms with Crippen molar-refractivity contribution in [3.8, 4) is 0 Å². The first kappa shape index (κ1) is 13.9. The van der Waals surface area contributed by atoms with E-state index in [1.54, 1.807) is 0 Å². The molecule has 1 aliphatic rings. The topological polar surface area (TPSA) is 58.9 Å². The Bertz CT molecular complexity index is 193. The zero-order valence-corrected chi connectivity index (χ0v) is 10.7. The second-order valence-corrected chi connectivity index (χ2v) is 5.94. The lowest BCUT2D eigenvalue weighted by Gasteiger charge is -2.41. The molecule has 0 spiro atoms. The van der Waals surface area contributed by atoms with E-state index in [0.717, 1.165) is 25.7 Å². The standard InChI is InChI=1S/C12H24O4/c1-11(2,15-13)9-5-7-10(8-6-9)12(3,4)16-14/h9-10,13-14H,5-8H2,1-4H3. The first-order chi connectivity index (χ1) is 7.33. The van der Waals surface area contributed by atoms with Crippen LogP contribution in [0.15, 0.2) is 0 Å². The van der Waals surface area contributed by atoms with Gasteiger partial charge in [0, 0.05) is 0 Å². The van der Waals surface area contributed by atoms with Crippen LogP contribution < -0.4 is 0 Å². The fraction of sp³-hybridized carbons (Fsp3) is 1.00. The number of rotatable bonds is 4. The smallest absolute Gasteiger partial charge is 0.100 e. The molecule has 0 aliphatic heterocycles. The Morgan fingerprint density at radius 3 is 1.19 bits per heavy atom. The minimum atomic E-state index is -0.477. The molecular weight excluding hydrogens is 208 g/mol. The van der Waals surface area contributed by atoms with Crippen molar-refractivity contribution in [3.05, 3.63) is 0 Å². The summed E-state index contributed by atoms with van der Waals surface area (Å²) in [5, 5.41) is 17.7. The average Bonchev–Trinajstić information content (AvgIpc) is 2.29. The third-order valence-corrected chi connectivity index (χ3v) is 4.16. The van der Waals surface area contributed by atoms with Crippen LogP contribution in [0.3, 0.4) is 0 Å². The molecule has 1 saturated carbocycles. The normalized spacial score (nSPS) is 28.1. The van der Waals surface area contributed by atoms with E-state index < -0.39 is 11.2 Å². The van der Waals surface area contributed by atoms with Gasteiger partial charge in [0.25, 0.3) is 0 Å². The van der Waals surface area contributed by atoms with Crippen LogP contribution >= 0.6 is 0 Å². The van der Waals surface area contributed by atoms with Crippen LogP contribution in [-0.2, 0) is 9.78 Å². The zero-order chi connectivity index (χ0) is 12.4. The maximum absolute atomic E-state index is 8.85. The van der Waals surface area contributed by atoms with Crippen molar-refractivity contribution in [2.45, 2.75) is 64.6 Å². The summed E-state index contributed by atoms with van der Waals surface area (Å²) in [5.74, 6) is 0.728. The molecule has 2 N–H and O–H groups in total. The minimum absolute atomic E-state index is 0.364. The minimum Gasteiger partial charge on any atom is -0.251 e. The van der Waals surface area contributed by atoms with Crippen molar-refractivity contribution >= 4 is 0 Å². The molecule has 16 heavy (non-hydrogen) atoms. The fourth-order valence-electron chi connectivity index (χ4n) is 2.63. The van der Waals surface area contributed by atoms with Gasteiger partial charge in [-0.3, -0.25) is 10.5 Å². The van der Waals surface area contributed by atoms with Crippen molar-refractivity contribution in [1.82, 2.24) is 0 Å². The molecular formula is C12H24O4. The van der Waals surface area contributed by atoms with Crippen molar-refractivity contribution in [2.24, 2.45) is 11.8 Å². The highest BCUT2D eigenvalue weighted by atomic mass is 17.1. The second-order valence-electron chi connectivity index (χ2n) is 5.94. The summed E-state index contributed by atoms with van der Waals surface area (Å²) in [7, 11) is 0. The average molecular weight is 232 g/mol. The Hall–Kier alpha value is -0.160. The van der Waals surface area contributed by atoms with E-state index in [-0.39, 0.29) is 0 Å². The van der Waals surface area contributed by atoms with Crippen LogP contribution in [0.25, 0.3) is 0 Å². The Morgan fingerprint density at radius 1 is 0.750 bits per heavy atom. The van der Waals surface area contributed by atoms with Gasteiger partial charge in [0.1, 0.15) is 11.2 Å². The van der Waals surface area contributed by atoms with Crippen LogP contribution in [0.4, 0.5) is 0 Å². The SMILES string of the molecule is CC(C)(OO)C1CCC(C(C)(C)OO)CC1. The predicted octanol–water partition coefficient (Wildman–Crippen LogP) is 3.33. The molecule has 96 valence electrons. The molecule has 4 heteroatoms. The molecule has 0 aromatic carbocycles. The van der Waals surface area contributed by atoms with E-state index in [4.69, 9.17) is 10.5 Å². The second kappa shape index (κ2) is 5.00. The predicted molar refractivity (Wildman–Crippen MR) is 61.0 cm³/mol. The highest BCUT2D eigenvalue weighted by Crippen LogP contribution is 2.41. The third-order valence-electron chi connectivity index (χ3n) is 4.16. The molecule has 0 amide bonds. The van der Waals surface area contributed by atoms with E-state index >= 15 is 0 Å². The van der Waals surface area contributed by atoms with Crippen LogP contribution in [-0.4, -0.2) is 21.7 Å². The number of hydrogen-bond donors (Lipinski definition) is 2. The summed E-state index contributed by atoms with van der Waals surface area (Å²) in [6.45, 7) is 7.63. The summed E-state index contributed by atoms with van der Waals surface area (Å²) in [4.78, 5) is 9.09. The Kier molecular flexibility index (Phi) is 4.35. The van der Waals surface area contributed by atoms with Gasteiger partial charge in [-0.05, 0) is 65.2 Å². The van der Waals surface area contributed by atoms with Crippen LogP contribution in [0.5, 0.6) is 0 Å². The highest BCUT2D eigenvalue weighted by molar-refractivity contribution is 4.88. The van der Waals surface area contributed by atoms with Gasteiger partial charge in [-0.15, -0.1) is 0 Å². The van der Waals surface area contributed by atoms with E-state index in [2.05, 4.69) is 9.78 Å². The van der Waals surface area contributed by atoms with E-state index in [9.17, 15) is 0 Å². The van der Waals surface area contributed by atoms with Gasteiger partial charge in [-0.2, -0.15) is 0 Å². The van der Waals surface area contributed by atoms with Gasteiger partial charge in [0.05, 0.1) is 0 Å². The zero-order valence-electron chi connectivity index (χ0n) is 10.7. The monoisotopic (exact) mass is 232 g/mol. The molecule has 0 bridgehead atoms. The lowest BCUT2D eigenvalue weighted by atomic mass is 9.70. The molecule has 0 atom stereocenters. The molecule has 0 aromatic rings. The van der Waals surface area contributed by atoms with E-state index in [1.807, 2.05) is 27.7 Å². The third kappa shape index (κ3) is 2.94. The molecule has 1 aliphatic carbocycles. The summed E-state index contributed by atoms with van der Waals surface area (Å²) < 4.78 is 0. The number of hydrogen-bond acceptors (Lipinski definition) is 4. The maximum atomic E-state index is 8.85. The molecule has 0 radical (unpaired) electrons. The van der Waals surface area contributed by atoms with Crippen molar-refractivity contribution in [3.63, 3.8) is 0 Å². The van der Waals surface area contributed by atoms with Gasteiger partial charge in [0.15, 0.2) is 0 Å². The molecule has 0 unspecified atom stereocenters. The largest absolute Gasteiger partial charge is 0.251 e. The van der Waals surface area contributed by atoms with Crippen molar-refractivity contribution in [1.29, 1.82) is 0 Å². The van der Waals surface area contributed by atoms with E-state index in [0.29, 0.717) is 11.8 Å².